The van der Waals surface area contributed by atoms with Gasteiger partial charge in [0.1, 0.15) is 0 Å². The van der Waals surface area contributed by atoms with Gasteiger partial charge in [0.15, 0.2) is 0 Å². The van der Waals surface area contributed by atoms with Crippen LogP contribution in [0.4, 0.5) is 11.4 Å². The number of carbonyl (C=O) groups excluding carboxylic acids is 1. The van der Waals surface area contributed by atoms with Crippen molar-refractivity contribution < 1.29 is 4.79 Å². The van der Waals surface area contributed by atoms with Crippen molar-refractivity contribution in [2.75, 3.05) is 24.3 Å². The predicted molar refractivity (Wildman–Crippen MR) is 95.4 cm³/mol. The van der Waals surface area contributed by atoms with Gasteiger partial charge in [-0.1, -0.05) is 0 Å². The van der Waals surface area contributed by atoms with E-state index in [1.54, 1.807) is 17.5 Å². The van der Waals surface area contributed by atoms with Crippen molar-refractivity contribution in [2.24, 2.45) is 0 Å². The highest BCUT2D eigenvalue weighted by Crippen LogP contribution is 2.25. The highest BCUT2D eigenvalue weighted by atomic mass is 32.1. The van der Waals surface area contributed by atoms with Crippen molar-refractivity contribution in [1.82, 2.24) is 10.2 Å². The monoisotopic (exact) mass is 326 g/mol. The lowest BCUT2D eigenvalue weighted by Crippen LogP contribution is -2.14. The molecule has 3 rings (SSSR count). The summed E-state index contributed by atoms with van der Waals surface area (Å²) < 4.78 is 0. The van der Waals surface area contributed by atoms with Gasteiger partial charge in [0.2, 0.25) is 0 Å². The molecule has 0 atom stereocenters. The fraction of sp³-hybridized carbons (Fsp3) is 0.176. The van der Waals surface area contributed by atoms with E-state index in [1.807, 2.05) is 60.9 Å². The highest BCUT2D eigenvalue weighted by Gasteiger charge is 2.16. The van der Waals surface area contributed by atoms with E-state index in [0.717, 1.165) is 28.2 Å². The molecule has 2 N–H and O–H groups in total. The molecule has 2 aromatic heterocycles. The predicted octanol–water partition coefficient (Wildman–Crippen LogP) is 3.76. The number of rotatable bonds is 4. The third kappa shape index (κ3) is 3.12. The van der Waals surface area contributed by atoms with E-state index >= 15 is 0 Å². The van der Waals surface area contributed by atoms with Gasteiger partial charge in [0.25, 0.3) is 5.91 Å². The van der Waals surface area contributed by atoms with Crippen LogP contribution in [0.15, 0.2) is 41.2 Å². The maximum atomic E-state index is 12.5. The standard InChI is InChI=1S/C17H18N4OS/c1-11-8-13(4-5-15(11)21(2)3)19-17(22)14-9-18-20-16(14)12-6-7-23-10-12/h4-10H,1-3H3,(H,18,20)(H,19,22). The van der Waals surface area contributed by atoms with Crippen molar-refractivity contribution in [2.45, 2.75) is 6.92 Å². The zero-order chi connectivity index (χ0) is 16.4. The average Bonchev–Trinajstić information content (AvgIpc) is 3.18. The van der Waals surface area contributed by atoms with Crippen molar-refractivity contribution in [3.63, 3.8) is 0 Å². The summed E-state index contributed by atoms with van der Waals surface area (Å²) in [7, 11) is 4.00. The molecule has 6 heteroatoms. The molecule has 2 heterocycles. The Morgan fingerprint density at radius 1 is 1.30 bits per heavy atom. The van der Waals surface area contributed by atoms with Crippen LogP contribution in [0.5, 0.6) is 0 Å². The van der Waals surface area contributed by atoms with Crippen LogP contribution in [0, 0.1) is 6.92 Å². The zero-order valence-electron chi connectivity index (χ0n) is 13.3. The zero-order valence-corrected chi connectivity index (χ0v) is 14.1. The molecule has 0 saturated heterocycles. The molecule has 0 unspecified atom stereocenters. The molecule has 23 heavy (non-hydrogen) atoms. The van der Waals surface area contributed by atoms with Crippen LogP contribution in [0.25, 0.3) is 11.3 Å². The minimum Gasteiger partial charge on any atom is -0.377 e. The van der Waals surface area contributed by atoms with Crippen LogP contribution in [-0.2, 0) is 0 Å². The average molecular weight is 326 g/mol. The van der Waals surface area contributed by atoms with E-state index < -0.39 is 0 Å². The first kappa shape index (κ1) is 15.3. The van der Waals surface area contributed by atoms with E-state index in [-0.39, 0.29) is 5.91 Å². The molecule has 5 nitrogen and oxygen atoms in total. The van der Waals surface area contributed by atoms with Crippen LogP contribution in [0.1, 0.15) is 15.9 Å². The van der Waals surface area contributed by atoms with Crippen molar-refractivity contribution >= 4 is 28.6 Å². The largest absolute Gasteiger partial charge is 0.377 e. The molecule has 0 saturated carbocycles. The fourth-order valence-corrected chi connectivity index (χ4v) is 3.17. The summed E-state index contributed by atoms with van der Waals surface area (Å²) in [6.45, 7) is 2.03. The number of anilines is 2. The number of benzene rings is 1. The summed E-state index contributed by atoms with van der Waals surface area (Å²) >= 11 is 1.58. The topological polar surface area (TPSA) is 61.0 Å². The molecule has 0 spiro atoms. The van der Waals surface area contributed by atoms with Crippen molar-refractivity contribution in [1.29, 1.82) is 0 Å². The van der Waals surface area contributed by atoms with Crippen LogP contribution >= 0.6 is 11.3 Å². The van der Waals surface area contributed by atoms with E-state index in [1.165, 1.54) is 0 Å². The quantitative estimate of drug-likeness (QED) is 0.767. The van der Waals surface area contributed by atoms with Crippen LogP contribution in [0.3, 0.4) is 0 Å². The molecular weight excluding hydrogens is 308 g/mol. The number of hydrogen-bond acceptors (Lipinski definition) is 4. The molecule has 0 radical (unpaired) electrons. The molecule has 0 fully saturated rings. The van der Waals surface area contributed by atoms with E-state index in [0.29, 0.717) is 5.56 Å². The summed E-state index contributed by atoms with van der Waals surface area (Å²) in [5.74, 6) is -0.169. The summed E-state index contributed by atoms with van der Waals surface area (Å²) in [6, 6.07) is 7.84. The minimum atomic E-state index is -0.169. The Morgan fingerprint density at radius 2 is 2.13 bits per heavy atom. The molecule has 0 aliphatic heterocycles. The van der Waals surface area contributed by atoms with Gasteiger partial charge in [0, 0.05) is 36.4 Å². The number of H-pyrrole nitrogens is 1. The second kappa shape index (κ2) is 6.26. The van der Waals surface area contributed by atoms with Gasteiger partial charge in [-0.15, -0.1) is 0 Å². The number of aromatic amines is 1. The number of nitrogens with zero attached hydrogens (tertiary/aromatic N) is 2. The Morgan fingerprint density at radius 3 is 2.78 bits per heavy atom. The lowest BCUT2D eigenvalue weighted by molar-refractivity contribution is 0.102. The number of aromatic nitrogens is 2. The van der Waals surface area contributed by atoms with Gasteiger partial charge >= 0.3 is 0 Å². The fourth-order valence-electron chi connectivity index (χ4n) is 2.52. The summed E-state index contributed by atoms with van der Waals surface area (Å²) in [5, 5.41) is 13.8. The number of aryl methyl sites for hydroxylation is 1. The SMILES string of the molecule is Cc1cc(NC(=O)c2cn[nH]c2-c2ccsc2)ccc1N(C)C. The maximum absolute atomic E-state index is 12.5. The first-order valence-corrected chi connectivity index (χ1v) is 8.16. The second-order valence-electron chi connectivity index (χ2n) is 5.52. The molecule has 1 aromatic carbocycles. The van der Waals surface area contributed by atoms with Crippen LogP contribution < -0.4 is 10.2 Å². The number of carbonyl (C=O) groups is 1. The lowest BCUT2D eigenvalue weighted by Gasteiger charge is -2.16. The lowest BCUT2D eigenvalue weighted by atomic mass is 10.1. The van der Waals surface area contributed by atoms with Gasteiger partial charge in [-0.2, -0.15) is 16.4 Å². The third-order valence-corrected chi connectivity index (χ3v) is 4.31. The number of nitrogens with one attached hydrogen (secondary N) is 2. The van der Waals surface area contributed by atoms with Gasteiger partial charge in [-0.3, -0.25) is 9.89 Å². The highest BCUT2D eigenvalue weighted by molar-refractivity contribution is 7.08. The van der Waals surface area contributed by atoms with Gasteiger partial charge in [-0.05, 0) is 42.1 Å². The van der Waals surface area contributed by atoms with Crippen LogP contribution in [-0.4, -0.2) is 30.2 Å². The Labute approximate surface area is 139 Å². The van der Waals surface area contributed by atoms with Crippen molar-refractivity contribution in [3.05, 3.63) is 52.3 Å². The molecule has 3 aromatic rings. The molecule has 118 valence electrons. The normalized spacial score (nSPS) is 10.6. The second-order valence-corrected chi connectivity index (χ2v) is 6.30. The summed E-state index contributed by atoms with van der Waals surface area (Å²) in [6.07, 6.45) is 1.56. The van der Waals surface area contributed by atoms with Gasteiger partial charge in [-0.25, -0.2) is 0 Å². The number of amides is 1. The summed E-state index contributed by atoms with van der Waals surface area (Å²) in [4.78, 5) is 14.6. The van der Waals surface area contributed by atoms with E-state index in [4.69, 9.17) is 0 Å². The smallest absolute Gasteiger partial charge is 0.259 e. The molecular formula is C17H18N4OS. The van der Waals surface area contributed by atoms with Crippen molar-refractivity contribution in [3.8, 4) is 11.3 Å². The molecule has 0 aliphatic carbocycles. The third-order valence-electron chi connectivity index (χ3n) is 3.63. The number of thiophene rings is 1. The minimum absolute atomic E-state index is 0.169. The first-order chi connectivity index (χ1) is 11.1. The van der Waals surface area contributed by atoms with E-state index in [9.17, 15) is 4.79 Å². The number of hydrogen-bond donors (Lipinski definition) is 2. The van der Waals surface area contributed by atoms with Crippen LogP contribution in [0.2, 0.25) is 0 Å². The van der Waals surface area contributed by atoms with Gasteiger partial charge in [0.05, 0.1) is 17.5 Å². The Balaban J connectivity index is 1.83. The molecule has 1 amide bonds. The Kier molecular flexibility index (Phi) is 4.16. The first-order valence-electron chi connectivity index (χ1n) is 7.21. The van der Waals surface area contributed by atoms with Gasteiger partial charge < -0.3 is 10.2 Å². The molecule has 0 bridgehead atoms. The Hall–Kier alpha value is -2.60. The van der Waals surface area contributed by atoms with E-state index in [2.05, 4.69) is 15.5 Å². The molecule has 0 aliphatic rings. The maximum Gasteiger partial charge on any atom is 0.259 e. The Bertz CT molecular complexity index is 821. The summed E-state index contributed by atoms with van der Waals surface area (Å²) in [5.41, 5.74) is 5.26.